The molecule has 0 atom stereocenters. The molecule has 0 unspecified atom stereocenters. The minimum absolute atomic E-state index is 0.0548. The number of aliphatic hydroxyl groups is 1. The molecule has 2 rings (SSSR count). The second-order valence-corrected chi connectivity index (χ2v) is 2.70. The van der Waals surface area contributed by atoms with Gasteiger partial charge in [-0.3, -0.25) is 0 Å². The lowest BCUT2D eigenvalue weighted by Crippen LogP contribution is -1.97. The van der Waals surface area contributed by atoms with Crippen molar-refractivity contribution in [2.45, 2.75) is 13.2 Å². The topological polar surface area (TPSA) is 64.1 Å². The molecule has 0 aliphatic carbocycles. The van der Waals surface area contributed by atoms with E-state index in [0.29, 0.717) is 12.4 Å². The second-order valence-electron chi connectivity index (χ2n) is 2.70. The molecule has 0 amide bonds. The summed E-state index contributed by atoms with van der Waals surface area (Å²) in [6.07, 6.45) is 5.00. The molecule has 2 aromatic heterocycles. The van der Waals surface area contributed by atoms with E-state index in [4.69, 9.17) is 5.11 Å². The number of hydrogen-bond acceptors (Lipinski definition) is 4. The number of aromatic nitrogens is 3. The highest BCUT2D eigenvalue weighted by molar-refractivity contribution is 5.09. The van der Waals surface area contributed by atoms with Crippen LogP contribution >= 0.6 is 0 Å². The maximum absolute atomic E-state index is 8.81. The van der Waals surface area contributed by atoms with Gasteiger partial charge >= 0.3 is 0 Å². The first-order chi connectivity index (χ1) is 6.38. The van der Waals surface area contributed by atoms with Crippen LogP contribution in [-0.2, 0) is 13.2 Å². The van der Waals surface area contributed by atoms with Crippen LogP contribution in [0.15, 0.2) is 29.4 Å². The van der Waals surface area contributed by atoms with Crippen molar-refractivity contribution in [2.24, 2.45) is 0 Å². The maximum Gasteiger partial charge on any atom is 0.213 e. The van der Waals surface area contributed by atoms with Gasteiger partial charge in [-0.1, -0.05) is 5.16 Å². The summed E-state index contributed by atoms with van der Waals surface area (Å²) >= 11 is 0. The molecule has 68 valence electrons. The van der Waals surface area contributed by atoms with E-state index in [1.165, 1.54) is 6.39 Å². The summed E-state index contributed by atoms with van der Waals surface area (Å²) < 4.78 is 6.48. The fourth-order valence-corrected chi connectivity index (χ4v) is 1.11. The minimum Gasteiger partial charge on any atom is -0.392 e. The van der Waals surface area contributed by atoms with Crippen LogP contribution in [0, 0.1) is 0 Å². The van der Waals surface area contributed by atoms with Crippen LogP contribution in [-0.4, -0.2) is 19.8 Å². The predicted octanol–water partition coefficient (Wildman–Crippen LogP) is 0.412. The van der Waals surface area contributed by atoms with Crippen molar-refractivity contribution in [1.82, 2.24) is 14.7 Å². The average Bonchev–Trinajstić information content (AvgIpc) is 2.76. The molecule has 2 aromatic rings. The quantitative estimate of drug-likeness (QED) is 0.741. The molecule has 0 aliphatic rings. The molecule has 0 spiro atoms. The molecule has 0 bridgehead atoms. The van der Waals surface area contributed by atoms with Gasteiger partial charge in [0.1, 0.15) is 0 Å². The number of hydrogen-bond donors (Lipinski definition) is 1. The highest BCUT2D eigenvalue weighted by Gasteiger charge is 2.00. The lowest BCUT2D eigenvalue weighted by molar-refractivity contribution is 0.281. The zero-order valence-corrected chi connectivity index (χ0v) is 6.92. The summed E-state index contributed by atoms with van der Waals surface area (Å²) in [5.41, 5.74) is 0.878. The first kappa shape index (κ1) is 8.00. The zero-order valence-electron chi connectivity index (χ0n) is 6.92. The summed E-state index contributed by atoms with van der Waals surface area (Å²) in [5.74, 6) is 0.625. The number of aliphatic hydroxyl groups excluding tert-OH is 1. The zero-order chi connectivity index (χ0) is 9.10. The molecular weight excluding hydrogens is 170 g/mol. The van der Waals surface area contributed by atoms with Crippen LogP contribution in [0.1, 0.15) is 11.4 Å². The largest absolute Gasteiger partial charge is 0.392 e. The molecule has 0 saturated heterocycles. The maximum atomic E-state index is 8.81. The predicted molar refractivity (Wildman–Crippen MR) is 43.8 cm³/mol. The lowest BCUT2D eigenvalue weighted by Gasteiger charge is -1.95. The van der Waals surface area contributed by atoms with Crippen LogP contribution in [0.25, 0.3) is 0 Å². The summed E-state index contributed by atoms with van der Waals surface area (Å²) in [7, 11) is 0. The van der Waals surface area contributed by atoms with E-state index in [1.807, 2.05) is 23.0 Å². The van der Waals surface area contributed by atoms with Crippen molar-refractivity contribution in [3.8, 4) is 0 Å². The van der Waals surface area contributed by atoms with Gasteiger partial charge in [-0.15, -0.1) is 0 Å². The van der Waals surface area contributed by atoms with Crippen molar-refractivity contribution in [2.75, 3.05) is 0 Å². The molecule has 0 aliphatic heterocycles. The number of rotatable bonds is 3. The Hall–Kier alpha value is -1.62. The van der Waals surface area contributed by atoms with Crippen LogP contribution in [0.3, 0.4) is 0 Å². The van der Waals surface area contributed by atoms with E-state index in [-0.39, 0.29) is 6.61 Å². The molecule has 0 fully saturated rings. The highest BCUT2D eigenvalue weighted by atomic mass is 16.5. The van der Waals surface area contributed by atoms with Crippen molar-refractivity contribution < 1.29 is 9.63 Å². The van der Waals surface area contributed by atoms with Crippen molar-refractivity contribution in [3.63, 3.8) is 0 Å². The van der Waals surface area contributed by atoms with Crippen LogP contribution in [0.4, 0.5) is 0 Å². The fraction of sp³-hybridized carbons (Fsp3) is 0.250. The van der Waals surface area contributed by atoms with Crippen molar-refractivity contribution >= 4 is 0 Å². The van der Waals surface area contributed by atoms with Gasteiger partial charge in [0.2, 0.25) is 6.39 Å². The third kappa shape index (κ3) is 1.75. The summed E-state index contributed by atoms with van der Waals surface area (Å²) in [6, 6.07) is 1.85. The van der Waals surface area contributed by atoms with E-state index >= 15 is 0 Å². The Morgan fingerprint density at radius 1 is 1.54 bits per heavy atom. The molecule has 13 heavy (non-hydrogen) atoms. The molecule has 0 aromatic carbocycles. The van der Waals surface area contributed by atoms with Gasteiger partial charge in [-0.05, 0) is 11.6 Å². The summed E-state index contributed by atoms with van der Waals surface area (Å²) in [6.45, 7) is 0.621. The van der Waals surface area contributed by atoms with Crippen molar-refractivity contribution in [3.05, 3.63) is 36.2 Å². The standard InChI is InChI=1S/C8H9N3O2/c12-5-7-1-2-11(3-7)4-8-9-6-13-10-8/h1-3,6,12H,4-5H2. The lowest BCUT2D eigenvalue weighted by atomic mass is 10.4. The minimum atomic E-state index is 0.0548. The van der Waals surface area contributed by atoms with Gasteiger partial charge in [0.05, 0.1) is 13.2 Å². The van der Waals surface area contributed by atoms with Gasteiger partial charge in [-0.25, -0.2) is 0 Å². The van der Waals surface area contributed by atoms with E-state index in [2.05, 4.69) is 14.7 Å². The van der Waals surface area contributed by atoms with Gasteiger partial charge in [0.25, 0.3) is 0 Å². The molecule has 5 heteroatoms. The third-order valence-corrected chi connectivity index (χ3v) is 1.73. The monoisotopic (exact) mass is 179 g/mol. The average molecular weight is 179 g/mol. The first-order valence-corrected chi connectivity index (χ1v) is 3.89. The van der Waals surface area contributed by atoms with Gasteiger partial charge in [0.15, 0.2) is 5.82 Å². The fourth-order valence-electron chi connectivity index (χ4n) is 1.11. The first-order valence-electron chi connectivity index (χ1n) is 3.89. The molecule has 0 radical (unpaired) electrons. The normalized spacial score (nSPS) is 10.5. The smallest absolute Gasteiger partial charge is 0.213 e. The molecule has 0 saturated carbocycles. The SMILES string of the molecule is OCc1ccn(Cc2ncon2)c1. The highest BCUT2D eigenvalue weighted by Crippen LogP contribution is 2.02. The van der Waals surface area contributed by atoms with E-state index in [0.717, 1.165) is 5.56 Å². The summed E-state index contributed by atoms with van der Waals surface area (Å²) in [4.78, 5) is 3.89. The second kappa shape index (κ2) is 3.40. The molecule has 1 N–H and O–H groups in total. The van der Waals surface area contributed by atoms with Gasteiger partial charge in [-0.2, -0.15) is 4.98 Å². The Morgan fingerprint density at radius 2 is 2.46 bits per heavy atom. The summed E-state index contributed by atoms with van der Waals surface area (Å²) in [5, 5.41) is 12.5. The Balaban J connectivity index is 2.10. The van der Waals surface area contributed by atoms with Crippen LogP contribution in [0.2, 0.25) is 0 Å². The van der Waals surface area contributed by atoms with E-state index in [9.17, 15) is 0 Å². The van der Waals surface area contributed by atoms with Gasteiger partial charge in [0, 0.05) is 12.4 Å². The molecule has 2 heterocycles. The van der Waals surface area contributed by atoms with Crippen LogP contribution < -0.4 is 0 Å². The molecule has 5 nitrogen and oxygen atoms in total. The van der Waals surface area contributed by atoms with E-state index < -0.39 is 0 Å². The Bertz CT molecular complexity index is 366. The third-order valence-electron chi connectivity index (χ3n) is 1.73. The Labute approximate surface area is 74.6 Å². The number of nitrogens with zero attached hydrogens (tertiary/aromatic N) is 3. The Morgan fingerprint density at radius 3 is 3.08 bits per heavy atom. The van der Waals surface area contributed by atoms with Crippen LogP contribution in [0.5, 0.6) is 0 Å². The molecular formula is C8H9N3O2. The Kier molecular flexibility index (Phi) is 2.09. The van der Waals surface area contributed by atoms with Gasteiger partial charge < -0.3 is 14.2 Å². The van der Waals surface area contributed by atoms with E-state index in [1.54, 1.807) is 0 Å². The van der Waals surface area contributed by atoms with Crippen molar-refractivity contribution in [1.29, 1.82) is 0 Å².